The Hall–Kier alpha value is -0.570. The Morgan fingerprint density at radius 1 is 1.18 bits per heavy atom. The lowest BCUT2D eigenvalue weighted by molar-refractivity contribution is -0.715. The van der Waals surface area contributed by atoms with Crippen LogP contribution >= 0.6 is 11.2 Å². The largest absolute Gasteiger partial charge is 0.310 e. The Balaban J connectivity index is 4.16. The van der Waals surface area contributed by atoms with Gasteiger partial charge in [0.1, 0.15) is 0 Å². The molecule has 0 rings (SSSR count). The van der Waals surface area contributed by atoms with E-state index < -0.39 is 16.2 Å². The lowest BCUT2D eigenvalue weighted by Gasteiger charge is -2.28. The average Bonchev–Trinajstić information content (AvgIpc) is 2.00. The fourth-order valence-electron chi connectivity index (χ4n) is 0.370. The van der Waals surface area contributed by atoms with Gasteiger partial charge in [-0.1, -0.05) is 0 Å². The van der Waals surface area contributed by atoms with Crippen molar-refractivity contribution in [2.75, 3.05) is 21.3 Å². The zero-order chi connectivity index (χ0) is 8.91. The van der Waals surface area contributed by atoms with Gasteiger partial charge in [0.05, 0.1) is 21.3 Å². The van der Waals surface area contributed by atoms with Gasteiger partial charge in [0.25, 0.3) is 11.2 Å². The molecule has 0 bridgehead atoms. The molecule has 0 N–H and O–H groups in total. The predicted molar refractivity (Wildman–Crippen MR) is 36.7 cm³/mol. The summed E-state index contributed by atoms with van der Waals surface area (Å²) in [7, 11) is 3.56. The van der Waals surface area contributed by atoms with Crippen molar-refractivity contribution in [1.82, 2.24) is 0 Å². The molecule has 0 aromatic rings. The first-order valence-corrected chi connectivity index (χ1v) is 3.77. The molecule has 11 heavy (non-hydrogen) atoms. The average molecular weight is 187 g/mol. The molecule has 0 saturated heterocycles. The van der Waals surface area contributed by atoms with Crippen LogP contribution in [0.1, 0.15) is 0 Å². The molecular formula is C3H9NO6S. The number of hydrogen-bond acceptors (Lipinski definition) is 6. The van der Waals surface area contributed by atoms with E-state index in [-0.39, 0.29) is 0 Å². The molecule has 0 aliphatic carbocycles. The molecule has 0 atom stereocenters. The maximum absolute atomic E-state index is 9.86. The zero-order valence-corrected chi connectivity index (χ0v) is 7.12. The van der Waals surface area contributed by atoms with Crippen molar-refractivity contribution in [3.8, 4) is 0 Å². The highest BCUT2D eigenvalue weighted by molar-refractivity contribution is 8.17. The van der Waals surface area contributed by atoms with Crippen LogP contribution < -0.4 is 0 Å². The molecule has 0 fully saturated rings. The maximum Gasteiger partial charge on any atom is 0.310 e. The molecule has 0 radical (unpaired) electrons. The van der Waals surface area contributed by atoms with Crippen molar-refractivity contribution < 1.29 is 21.9 Å². The molecule has 68 valence electrons. The van der Waals surface area contributed by atoms with Gasteiger partial charge in [-0.25, -0.2) is 0 Å². The smallest absolute Gasteiger partial charge is 0.276 e. The summed E-state index contributed by atoms with van der Waals surface area (Å²) < 4.78 is 17.6. The molecule has 0 aromatic carbocycles. The Labute approximate surface area is 65.4 Å². The van der Waals surface area contributed by atoms with Crippen LogP contribution in [-0.4, -0.2) is 26.4 Å². The lowest BCUT2D eigenvalue weighted by atomic mass is 11.8. The normalized spacial score (nSPS) is 12.6. The first-order chi connectivity index (χ1) is 5.10. The van der Waals surface area contributed by atoms with Crippen LogP contribution in [0.5, 0.6) is 0 Å². The van der Waals surface area contributed by atoms with Crippen molar-refractivity contribution >= 4 is 11.2 Å². The summed E-state index contributed by atoms with van der Waals surface area (Å²) in [5.41, 5.74) is 0. The molecular weight excluding hydrogens is 178 g/mol. The van der Waals surface area contributed by atoms with E-state index in [1.165, 1.54) is 21.3 Å². The molecule has 7 nitrogen and oxygen atoms in total. The summed E-state index contributed by atoms with van der Waals surface area (Å²) in [4.78, 5) is 9.86. The summed E-state index contributed by atoms with van der Waals surface area (Å²) in [6, 6.07) is 0. The van der Waals surface area contributed by atoms with Gasteiger partial charge < -0.3 is 0 Å². The van der Waals surface area contributed by atoms with Crippen LogP contribution in [-0.2, 0) is 16.8 Å². The maximum atomic E-state index is 9.86. The molecule has 0 aliphatic rings. The SMILES string of the molecule is COS(OC)(OC)O[N+](=O)[O-]. The second kappa shape index (κ2) is 4.34. The predicted octanol–water partition coefficient (Wildman–Crippen LogP) is 0.598. The van der Waals surface area contributed by atoms with Crippen molar-refractivity contribution in [2.45, 2.75) is 0 Å². The van der Waals surface area contributed by atoms with Gasteiger partial charge in [-0.05, 0) is 0 Å². The number of hydrogen-bond donors (Lipinski definition) is 0. The first kappa shape index (κ1) is 10.4. The summed E-state index contributed by atoms with van der Waals surface area (Å²) in [5, 5.41) is 8.82. The van der Waals surface area contributed by atoms with Gasteiger partial charge in [-0.15, -0.1) is 10.1 Å². The second-order valence-electron chi connectivity index (χ2n) is 1.21. The molecule has 0 amide bonds. The van der Waals surface area contributed by atoms with Gasteiger partial charge >= 0.3 is 5.09 Å². The minimum atomic E-state index is -2.91. The summed E-state index contributed by atoms with van der Waals surface area (Å²) >= 11 is -2.91. The standard InChI is InChI=1S/C3H9NO6S/c1-7-11(8-2,9-3)10-4(5)6/h1-3H3. The second-order valence-corrected chi connectivity index (χ2v) is 3.17. The molecule has 8 heteroatoms. The van der Waals surface area contributed by atoms with Crippen LogP contribution in [0.2, 0.25) is 0 Å². The van der Waals surface area contributed by atoms with E-state index in [4.69, 9.17) is 0 Å². The summed E-state index contributed by atoms with van der Waals surface area (Å²) in [6.07, 6.45) is 0. The fourth-order valence-corrected chi connectivity index (χ4v) is 1.11. The van der Waals surface area contributed by atoms with Crippen molar-refractivity contribution in [3.63, 3.8) is 0 Å². The molecule has 0 heterocycles. The molecule has 0 aliphatic heterocycles. The monoisotopic (exact) mass is 187 g/mol. The molecule has 0 aromatic heterocycles. The third kappa shape index (κ3) is 2.89. The lowest BCUT2D eigenvalue weighted by Crippen LogP contribution is -2.14. The highest BCUT2D eigenvalue weighted by Crippen LogP contribution is 2.50. The van der Waals surface area contributed by atoms with E-state index in [0.717, 1.165) is 0 Å². The summed E-state index contributed by atoms with van der Waals surface area (Å²) in [6.45, 7) is 0. The highest BCUT2D eigenvalue weighted by atomic mass is 32.3. The van der Waals surface area contributed by atoms with E-state index in [2.05, 4.69) is 16.8 Å². The van der Waals surface area contributed by atoms with Crippen LogP contribution in [0.15, 0.2) is 0 Å². The minimum absolute atomic E-state index is 1.04. The van der Waals surface area contributed by atoms with Crippen molar-refractivity contribution in [2.24, 2.45) is 0 Å². The number of nitrogens with zero attached hydrogens (tertiary/aromatic N) is 1. The highest BCUT2D eigenvalue weighted by Gasteiger charge is 2.28. The van der Waals surface area contributed by atoms with Gasteiger partial charge in [-0.2, -0.15) is 4.28 Å². The third-order valence-electron chi connectivity index (χ3n) is 0.765. The van der Waals surface area contributed by atoms with Crippen LogP contribution in [0, 0.1) is 10.1 Å². The van der Waals surface area contributed by atoms with Gasteiger partial charge in [-0.3, -0.25) is 12.5 Å². The molecule has 0 saturated carbocycles. The minimum Gasteiger partial charge on any atom is -0.276 e. The van der Waals surface area contributed by atoms with Gasteiger partial charge in [0.15, 0.2) is 0 Å². The Morgan fingerprint density at radius 3 is 1.64 bits per heavy atom. The third-order valence-corrected chi connectivity index (χ3v) is 2.29. The van der Waals surface area contributed by atoms with Crippen molar-refractivity contribution in [3.05, 3.63) is 10.1 Å². The van der Waals surface area contributed by atoms with Gasteiger partial charge in [0, 0.05) is 0 Å². The molecule has 0 spiro atoms. The Morgan fingerprint density at radius 2 is 1.55 bits per heavy atom. The van der Waals surface area contributed by atoms with Crippen LogP contribution in [0.3, 0.4) is 0 Å². The molecule has 0 unspecified atom stereocenters. The summed E-state index contributed by atoms with van der Waals surface area (Å²) in [5.74, 6) is 0. The Kier molecular flexibility index (Phi) is 4.11. The van der Waals surface area contributed by atoms with Crippen LogP contribution in [0.25, 0.3) is 0 Å². The van der Waals surface area contributed by atoms with E-state index >= 15 is 0 Å². The quantitative estimate of drug-likeness (QED) is 0.463. The van der Waals surface area contributed by atoms with Crippen LogP contribution in [0.4, 0.5) is 0 Å². The van der Waals surface area contributed by atoms with E-state index in [9.17, 15) is 10.1 Å². The fraction of sp³-hybridized carbons (Fsp3) is 1.00. The zero-order valence-electron chi connectivity index (χ0n) is 6.30. The van der Waals surface area contributed by atoms with E-state index in [0.29, 0.717) is 0 Å². The van der Waals surface area contributed by atoms with E-state index in [1.54, 1.807) is 0 Å². The number of rotatable bonds is 5. The van der Waals surface area contributed by atoms with E-state index in [1.807, 2.05) is 0 Å². The topological polar surface area (TPSA) is 80.1 Å². The van der Waals surface area contributed by atoms with Gasteiger partial charge in [0.2, 0.25) is 0 Å². The Bertz CT molecular complexity index is 128. The van der Waals surface area contributed by atoms with Crippen molar-refractivity contribution in [1.29, 1.82) is 0 Å². The first-order valence-electron chi connectivity index (χ1n) is 2.44.